The summed E-state index contributed by atoms with van der Waals surface area (Å²) < 4.78 is 66.6. The van der Waals surface area contributed by atoms with Gasteiger partial charge in [0.25, 0.3) is 0 Å². The van der Waals surface area contributed by atoms with E-state index in [0.717, 1.165) is 6.07 Å². The number of nitrogens with one attached hydrogen (secondary N) is 4. The maximum absolute atomic E-state index is 13.6. The number of hydrogen-bond acceptors (Lipinski definition) is 3. The van der Waals surface area contributed by atoms with Crippen molar-refractivity contribution in [3.05, 3.63) is 35.4 Å². The Morgan fingerprint density at radius 2 is 1.91 bits per heavy atom. The van der Waals surface area contributed by atoms with Crippen molar-refractivity contribution in [2.45, 2.75) is 31.2 Å². The molecular formula is C13H15F5N4O. The van der Waals surface area contributed by atoms with Crippen LogP contribution in [0.5, 0.6) is 0 Å². The fourth-order valence-corrected chi connectivity index (χ4v) is 2.23. The van der Waals surface area contributed by atoms with E-state index in [1.807, 2.05) is 0 Å². The lowest BCUT2D eigenvalue weighted by molar-refractivity contribution is -0.156. The van der Waals surface area contributed by atoms with Gasteiger partial charge in [-0.15, -0.1) is 0 Å². The van der Waals surface area contributed by atoms with Gasteiger partial charge in [-0.25, -0.2) is 13.6 Å². The average molecular weight is 338 g/mol. The van der Waals surface area contributed by atoms with Crippen molar-refractivity contribution < 1.29 is 26.7 Å². The molecule has 5 nitrogen and oxygen atoms in total. The molecule has 1 aliphatic heterocycles. The molecule has 0 bridgehead atoms. The van der Waals surface area contributed by atoms with Gasteiger partial charge in [-0.05, 0) is 19.1 Å². The van der Waals surface area contributed by atoms with E-state index >= 15 is 0 Å². The lowest BCUT2D eigenvalue weighted by Crippen LogP contribution is -2.50. The van der Waals surface area contributed by atoms with E-state index in [1.54, 1.807) is 12.2 Å². The van der Waals surface area contributed by atoms with Crippen molar-refractivity contribution in [2.24, 2.45) is 0 Å². The van der Waals surface area contributed by atoms with Crippen molar-refractivity contribution in [2.75, 3.05) is 6.54 Å². The maximum Gasteiger partial charge on any atom is 0.413 e. The van der Waals surface area contributed by atoms with Crippen LogP contribution in [0.1, 0.15) is 18.5 Å². The Balaban J connectivity index is 2.18. The van der Waals surface area contributed by atoms with Gasteiger partial charge in [0.15, 0.2) is 6.04 Å². The number of halogens is 5. The molecule has 3 atom stereocenters. The quantitative estimate of drug-likeness (QED) is 0.635. The maximum atomic E-state index is 13.6. The predicted molar refractivity (Wildman–Crippen MR) is 71.2 cm³/mol. The molecular weight excluding hydrogens is 323 g/mol. The van der Waals surface area contributed by atoms with E-state index in [1.165, 1.54) is 0 Å². The fourth-order valence-electron chi connectivity index (χ4n) is 2.23. The first-order valence-electron chi connectivity index (χ1n) is 6.76. The highest BCUT2D eigenvalue weighted by Crippen LogP contribution is 2.35. The largest absolute Gasteiger partial charge is 0.413 e. The molecule has 1 aromatic carbocycles. The van der Waals surface area contributed by atoms with E-state index in [-0.39, 0.29) is 6.04 Å². The second-order valence-corrected chi connectivity index (χ2v) is 5.15. The highest BCUT2D eigenvalue weighted by molar-refractivity contribution is 5.75. The van der Waals surface area contributed by atoms with Crippen LogP contribution in [0.25, 0.3) is 0 Å². The molecule has 2 amide bonds. The Bertz CT molecular complexity index is 560. The third-order valence-corrected chi connectivity index (χ3v) is 3.46. The summed E-state index contributed by atoms with van der Waals surface area (Å²) in [4.78, 5) is 11.8. The fraction of sp³-hybridized carbons (Fsp3) is 0.462. The third-order valence-electron chi connectivity index (χ3n) is 3.46. The van der Waals surface area contributed by atoms with Crippen LogP contribution in [0.3, 0.4) is 0 Å². The molecule has 0 radical (unpaired) electrons. The molecule has 10 heteroatoms. The second-order valence-electron chi connectivity index (χ2n) is 5.15. The van der Waals surface area contributed by atoms with Gasteiger partial charge in [0.05, 0.1) is 11.6 Å². The first-order chi connectivity index (χ1) is 10.7. The number of hydrazine groups is 1. The number of urea groups is 1. The van der Waals surface area contributed by atoms with Gasteiger partial charge in [-0.3, -0.25) is 10.9 Å². The van der Waals surface area contributed by atoms with Crippen LogP contribution in [0.15, 0.2) is 18.2 Å². The molecule has 1 saturated heterocycles. The first kappa shape index (κ1) is 17.4. The second kappa shape index (κ2) is 6.67. The van der Waals surface area contributed by atoms with Gasteiger partial charge in [0.1, 0.15) is 11.6 Å². The smallest absolute Gasteiger partial charge is 0.332 e. The molecule has 1 aromatic rings. The summed E-state index contributed by atoms with van der Waals surface area (Å²) in [5.74, 6) is -2.77. The number of carbonyl (C=O) groups is 1. The molecule has 2 rings (SSSR count). The lowest BCUT2D eigenvalue weighted by atomic mass is 10.0. The SMILES string of the molecule is CC1NNCC1NC(=O)NC(c1c(F)cccc1F)C(F)(F)F. The van der Waals surface area contributed by atoms with Gasteiger partial charge in [0, 0.05) is 12.6 Å². The zero-order chi connectivity index (χ0) is 17.2. The van der Waals surface area contributed by atoms with E-state index in [2.05, 4.69) is 16.2 Å². The minimum atomic E-state index is -5.06. The summed E-state index contributed by atoms with van der Waals surface area (Å²) >= 11 is 0. The molecule has 4 N–H and O–H groups in total. The summed E-state index contributed by atoms with van der Waals surface area (Å²) in [6.45, 7) is 2.02. The molecule has 0 saturated carbocycles. The Morgan fingerprint density at radius 1 is 1.30 bits per heavy atom. The molecule has 23 heavy (non-hydrogen) atoms. The number of benzene rings is 1. The van der Waals surface area contributed by atoms with Gasteiger partial charge < -0.3 is 10.6 Å². The van der Waals surface area contributed by atoms with Crippen LogP contribution in [0, 0.1) is 11.6 Å². The Kier molecular flexibility index (Phi) is 5.05. The molecule has 128 valence electrons. The Labute approximate surface area is 128 Å². The van der Waals surface area contributed by atoms with Crippen LogP contribution < -0.4 is 21.5 Å². The number of amides is 2. The summed E-state index contributed by atoms with van der Waals surface area (Å²) in [5, 5.41) is 3.91. The number of carbonyl (C=O) groups excluding carboxylic acids is 1. The summed E-state index contributed by atoms with van der Waals surface area (Å²) in [6.07, 6.45) is -5.06. The predicted octanol–water partition coefficient (Wildman–Crippen LogP) is 1.73. The zero-order valence-corrected chi connectivity index (χ0v) is 12.0. The van der Waals surface area contributed by atoms with Crippen molar-refractivity contribution >= 4 is 6.03 Å². The molecule has 0 aromatic heterocycles. The van der Waals surface area contributed by atoms with Crippen molar-refractivity contribution in [3.8, 4) is 0 Å². The molecule has 0 spiro atoms. The van der Waals surface area contributed by atoms with E-state index < -0.39 is 41.5 Å². The van der Waals surface area contributed by atoms with Gasteiger partial charge in [0.2, 0.25) is 0 Å². The number of alkyl halides is 3. The molecule has 1 aliphatic rings. The van der Waals surface area contributed by atoms with E-state index in [0.29, 0.717) is 18.7 Å². The minimum absolute atomic E-state index is 0.213. The van der Waals surface area contributed by atoms with Crippen LogP contribution >= 0.6 is 0 Å². The number of rotatable bonds is 3. The van der Waals surface area contributed by atoms with E-state index in [4.69, 9.17) is 0 Å². The highest BCUT2D eigenvalue weighted by Gasteiger charge is 2.45. The first-order valence-corrected chi connectivity index (χ1v) is 6.76. The highest BCUT2D eigenvalue weighted by atomic mass is 19.4. The monoisotopic (exact) mass is 338 g/mol. The number of hydrogen-bond donors (Lipinski definition) is 4. The van der Waals surface area contributed by atoms with Crippen LogP contribution in [-0.4, -0.2) is 30.8 Å². The third kappa shape index (κ3) is 4.08. The lowest BCUT2D eigenvalue weighted by Gasteiger charge is -2.24. The van der Waals surface area contributed by atoms with E-state index in [9.17, 15) is 26.7 Å². The van der Waals surface area contributed by atoms with Gasteiger partial charge in [-0.2, -0.15) is 13.2 Å². The Morgan fingerprint density at radius 3 is 2.39 bits per heavy atom. The van der Waals surface area contributed by atoms with Crippen LogP contribution in [-0.2, 0) is 0 Å². The van der Waals surface area contributed by atoms with Gasteiger partial charge >= 0.3 is 12.2 Å². The zero-order valence-electron chi connectivity index (χ0n) is 12.0. The van der Waals surface area contributed by atoms with Gasteiger partial charge in [-0.1, -0.05) is 6.07 Å². The molecule has 1 heterocycles. The summed E-state index contributed by atoms with van der Waals surface area (Å²) in [6, 6.07) is -2.30. The summed E-state index contributed by atoms with van der Waals surface area (Å²) in [5.41, 5.74) is 4.26. The summed E-state index contributed by atoms with van der Waals surface area (Å²) in [7, 11) is 0. The van der Waals surface area contributed by atoms with Crippen LogP contribution in [0.2, 0.25) is 0 Å². The van der Waals surface area contributed by atoms with Crippen molar-refractivity contribution in [1.82, 2.24) is 21.5 Å². The molecule has 3 unspecified atom stereocenters. The topological polar surface area (TPSA) is 65.2 Å². The minimum Gasteiger partial charge on any atom is -0.332 e. The van der Waals surface area contributed by atoms with Crippen molar-refractivity contribution in [3.63, 3.8) is 0 Å². The average Bonchev–Trinajstić information content (AvgIpc) is 2.81. The molecule has 0 aliphatic carbocycles. The normalized spacial score (nSPS) is 22.7. The van der Waals surface area contributed by atoms with Crippen molar-refractivity contribution in [1.29, 1.82) is 0 Å². The molecule has 1 fully saturated rings. The standard InChI is InChI=1S/C13H15F5N4O/c1-6-9(5-19-22-6)20-12(23)21-11(13(16,17)18)10-7(14)3-2-4-8(10)15/h2-4,6,9,11,19,22H,5H2,1H3,(H2,20,21,23). The Hall–Kier alpha value is -1.94. The van der Waals surface area contributed by atoms with Crippen LogP contribution in [0.4, 0.5) is 26.7 Å².